The maximum absolute atomic E-state index is 12.6. The maximum atomic E-state index is 12.6. The monoisotopic (exact) mass is 284 g/mol. The zero-order valence-electron chi connectivity index (χ0n) is 10.1. The maximum Gasteiger partial charge on any atom is 0.423 e. The van der Waals surface area contributed by atoms with Crippen molar-refractivity contribution in [1.82, 2.24) is 0 Å². The zero-order valence-corrected chi connectivity index (χ0v) is 11.0. The second-order valence-electron chi connectivity index (χ2n) is 3.03. The Bertz CT molecular complexity index is 326. The van der Waals surface area contributed by atoms with E-state index in [9.17, 15) is 13.2 Å². The lowest BCUT2D eigenvalue weighted by atomic mass is 10.2. The van der Waals surface area contributed by atoms with E-state index in [0.717, 1.165) is 0 Å². The first kappa shape index (κ1) is 17.0. The van der Waals surface area contributed by atoms with Crippen molar-refractivity contribution in [2.45, 2.75) is 12.3 Å². The highest BCUT2D eigenvalue weighted by molar-refractivity contribution is 7.79. The van der Waals surface area contributed by atoms with Gasteiger partial charge in [-0.1, -0.05) is 0 Å². The van der Waals surface area contributed by atoms with Gasteiger partial charge < -0.3 is 9.47 Å². The largest absolute Gasteiger partial charge is 0.469 e. The second-order valence-corrected chi connectivity index (χ2v) is 3.03. The lowest BCUT2D eigenvalue weighted by molar-refractivity contribution is -0.101. The van der Waals surface area contributed by atoms with Gasteiger partial charge in [0, 0.05) is 13.2 Å². The Morgan fingerprint density at radius 2 is 2.00 bits per heavy atom. The molecule has 1 aliphatic heterocycles. The molecule has 0 N–H and O–H groups in total. The van der Waals surface area contributed by atoms with Crippen molar-refractivity contribution >= 4 is 25.2 Å². The SMILES string of the molecule is C=N/C=C(\C(=NC)OC1COC1)C(F)(F)F.CS. The van der Waals surface area contributed by atoms with E-state index in [1.54, 1.807) is 6.26 Å². The molecule has 0 aromatic carbocycles. The molecule has 1 fully saturated rings. The summed E-state index contributed by atoms with van der Waals surface area (Å²) in [7, 11) is 1.22. The Morgan fingerprint density at radius 3 is 2.28 bits per heavy atom. The van der Waals surface area contributed by atoms with E-state index < -0.39 is 17.6 Å². The molecule has 0 atom stereocenters. The van der Waals surface area contributed by atoms with Crippen LogP contribution in [0.15, 0.2) is 21.8 Å². The molecular formula is C10H15F3N2O2S. The van der Waals surface area contributed by atoms with Gasteiger partial charge in [0.1, 0.15) is 11.7 Å². The third kappa shape index (κ3) is 5.09. The minimum absolute atomic E-state index is 0.270. The third-order valence-electron chi connectivity index (χ3n) is 1.85. The number of alkyl halides is 3. The number of nitrogens with zero attached hydrogens (tertiary/aromatic N) is 2. The van der Waals surface area contributed by atoms with Crippen LogP contribution in [-0.4, -0.2) is 51.4 Å². The van der Waals surface area contributed by atoms with Gasteiger partial charge in [-0.15, -0.1) is 0 Å². The molecule has 1 saturated heterocycles. The molecule has 0 saturated carbocycles. The highest BCUT2D eigenvalue weighted by Crippen LogP contribution is 2.28. The highest BCUT2D eigenvalue weighted by atomic mass is 32.1. The molecule has 1 aliphatic rings. The number of halogens is 3. The molecule has 1 heterocycles. The van der Waals surface area contributed by atoms with Crippen LogP contribution in [0.25, 0.3) is 0 Å². The quantitative estimate of drug-likeness (QED) is 0.490. The summed E-state index contributed by atoms with van der Waals surface area (Å²) < 4.78 is 47.5. The van der Waals surface area contributed by atoms with Crippen LogP contribution in [-0.2, 0) is 9.47 Å². The van der Waals surface area contributed by atoms with Gasteiger partial charge >= 0.3 is 6.18 Å². The molecular weight excluding hydrogens is 269 g/mol. The normalized spacial score (nSPS) is 17.4. The van der Waals surface area contributed by atoms with Gasteiger partial charge in [-0.3, -0.25) is 9.98 Å². The molecule has 0 amide bonds. The number of thiol groups is 1. The molecule has 0 radical (unpaired) electrons. The summed E-state index contributed by atoms with van der Waals surface area (Å²) in [5.74, 6) is -0.492. The molecule has 4 nitrogen and oxygen atoms in total. The van der Waals surface area contributed by atoms with Crippen molar-refractivity contribution in [1.29, 1.82) is 0 Å². The van der Waals surface area contributed by atoms with E-state index in [0.29, 0.717) is 6.20 Å². The van der Waals surface area contributed by atoms with E-state index in [1.165, 1.54) is 7.05 Å². The van der Waals surface area contributed by atoms with Gasteiger partial charge in [-0.25, -0.2) is 0 Å². The minimum atomic E-state index is -4.57. The van der Waals surface area contributed by atoms with E-state index >= 15 is 0 Å². The summed E-state index contributed by atoms with van der Waals surface area (Å²) in [5.41, 5.74) is -1.04. The molecule has 0 spiro atoms. The molecule has 0 aliphatic carbocycles. The zero-order chi connectivity index (χ0) is 14.2. The van der Waals surface area contributed by atoms with Crippen molar-refractivity contribution in [2.75, 3.05) is 26.5 Å². The van der Waals surface area contributed by atoms with Gasteiger partial charge in [0.05, 0.1) is 13.2 Å². The number of hydrogen-bond donors (Lipinski definition) is 1. The molecule has 104 valence electrons. The van der Waals surface area contributed by atoms with Crippen LogP contribution in [0, 0.1) is 0 Å². The molecule has 18 heavy (non-hydrogen) atoms. The molecule has 8 heteroatoms. The third-order valence-corrected chi connectivity index (χ3v) is 1.85. The van der Waals surface area contributed by atoms with Gasteiger partial charge in [0.15, 0.2) is 0 Å². The first-order chi connectivity index (χ1) is 8.49. The van der Waals surface area contributed by atoms with Crippen LogP contribution < -0.4 is 0 Å². The van der Waals surface area contributed by atoms with Crippen molar-refractivity contribution in [2.24, 2.45) is 9.98 Å². The summed E-state index contributed by atoms with van der Waals surface area (Å²) in [4.78, 5) is 6.56. The average molecular weight is 284 g/mol. The number of rotatable bonds is 3. The Balaban J connectivity index is 0.00000137. The van der Waals surface area contributed by atoms with Crippen molar-refractivity contribution in [3.63, 3.8) is 0 Å². The fraction of sp³-hybridized carbons (Fsp3) is 0.600. The topological polar surface area (TPSA) is 43.2 Å². The summed E-state index contributed by atoms with van der Waals surface area (Å²) in [5, 5.41) is 0. The smallest absolute Gasteiger partial charge is 0.423 e. The van der Waals surface area contributed by atoms with Crippen molar-refractivity contribution < 1.29 is 22.6 Å². The number of hydrogen-bond acceptors (Lipinski definition) is 5. The van der Waals surface area contributed by atoms with Crippen molar-refractivity contribution in [3.05, 3.63) is 11.8 Å². The lowest BCUT2D eigenvalue weighted by Crippen LogP contribution is -2.39. The number of ether oxygens (including phenoxy) is 2. The van der Waals surface area contributed by atoms with Gasteiger partial charge in [-0.2, -0.15) is 25.8 Å². The van der Waals surface area contributed by atoms with Crippen LogP contribution in [0.3, 0.4) is 0 Å². The summed E-state index contributed by atoms with van der Waals surface area (Å²) >= 11 is 3.53. The Hall–Kier alpha value is -1.02. The van der Waals surface area contributed by atoms with E-state index in [2.05, 4.69) is 29.3 Å². The van der Waals surface area contributed by atoms with Crippen LogP contribution >= 0.6 is 12.6 Å². The van der Waals surface area contributed by atoms with Crippen LogP contribution in [0.5, 0.6) is 0 Å². The Morgan fingerprint density at radius 1 is 1.44 bits per heavy atom. The van der Waals surface area contributed by atoms with Crippen LogP contribution in [0.1, 0.15) is 0 Å². The molecule has 0 unspecified atom stereocenters. The highest BCUT2D eigenvalue weighted by Gasteiger charge is 2.39. The van der Waals surface area contributed by atoms with Gasteiger partial charge in [-0.05, 0) is 13.0 Å². The van der Waals surface area contributed by atoms with Gasteiger partial charge in [0.2, 0.25) is 5.90 Å². The van der Waals surface area contributed by atoms with E-state index in [4.69, 9.17) is 9.47 Å². The Labute approximate surface area is 109 Å². The summed E-state index contributed by atoms with van der Waals surface area (Å²) in [6.45, 7) is 3.52. The Kier molecular flexibility index (Phi) is 7.69. The molecule has 1 rings (SSSR count). The standard InChI is InChI=1S/C9H11F3N2O2.CH4S/c1-13-3-7(9(10,11)12)8(14-2)16-6-4-15-5-6;1-2/h3,6H,1,4-5H2,2H3;2H,1H3/b7-3+,14-8?;. The average Bonchev–Trinajstić information content (AvgIpc) is 2.27. The first-order valence-corrected chi connectivity index (χ1v) is 5.78. The number of aliphatic imine (C=N–C) groups is 2. The molecule has 0 aromatic rings. The van der Waals surface area contributed by atoms with Gasteiger partial charge in [0.25, 0.3) is 0 Å². The minimum Gasteiger partial charge on any atom is -0.469 e. The molecule has 0 bridgehead atoms. The van der Waals surface area contributed by atoms with E-state index in [-0.39, 0.29) is 19.3 Å². The first-order valence-electron chi connectivity index (χ1n) is 4.88. The van der Waals surface area contributed by atoms with Crippen molar-refractivity contribution in [3.8, 4) is 0 Å². The van der Waals surface area contributed by atoms with E-state index in [1.807, 2.05) is 0 Å². The van der Waals surface area contributed by atoms with Crippen LogP contribution in [0.4, 0.5) is 13.2 Å². The lowest BCUT2D eigenvalue weighted by Gasteiger charge is -2.28. The second kappa shape index (κ2) is 8.15. The predicted octanol–water partition coefficient (Wildman–Crippen LogP) is 2.12. The summed E-state index contributed by atoms with van der Waals surface area (Å²) in [6.07, 6.45) is -2.67. The summed E-state index contributed by atoms with van der Waals surface area (Å²) in [6, 6.07) is 0. The predicted molar refractivity (Wildman–Crippen MR) is 67.6 cm³/mol. The molecule has 0 aromatic heterocycles. The fourth-order valence-corrected chi connectivity index (χ4v) is 1.02. The fourth-order valence-electron chi connectivity index (χ4n) is 1.02. The van der Waals surface area contributed by atoms with Crippen LogP contribution in [0.2, 0.25) is 0 Å².